The molecule has 3 rings (SSSR count). The number of aromatic nitrogens is 3. The summed E-state index contributed by atoms with van der Waals surface area (Å²) in [6.45, 7) is 1.61. The number of rotatable bonds is 4. The Bertz CT molecular complexity index is 679. The van der Waals surface area contributed by atoms with E-state index in [9.17, 15) is 4.79 Å². The van der Waals surface area contributed by atoms with Crippen LogP contribution in [-0.4, -0.2) is 32.1 Å². The third-order valence-electron chi connectivity index (χ3n) is 3.58. The fourth-order valence-electron chi connectivity index (χ4n) is 2.44. The minimum absolute atomic E-state index is 0. The predicted octanol–water partition coefficient (Wildman–Crippen LogP) is 2.33. The van der Waals surface area contributed by atoms with Gasteiger partial charge in [0.2, 0.25) is 0 Å². The van der Waals surface area contributed by atoms with Crippen molar-refractivity contribution >= 4 is 24.2 Å². The van der Waals surface area contributed by atoms with E-state index in [0.29, 0.717) is 11.6 Å². The van der Waals surface area contributed by atoms with Crippen LogP contribution in [0.1, 0.15) is 24.6 Å². The minimum Gasteiger partial charge on any atom is -0.480 e. The van der Waals surface area contributed by atoms with E-state index in [1.807, 2.05) is 12.1 Å². The first kappa shape index (κ1) is 16.2. The third kappa shape index (κ3) is 3.17. The summed E-state index contributed by atoms with van der Waals surface area (Å²) in [5.41, 5.74) is 2.87. The number of aliphatic carboxylic acids is 1. The van der Waals surface area contributed by atoms with E-state index in [2.05, 4.69) is 20.3 Å². The predicted molar refractivity (Wildman–Crippen MR) is 85.3 cm³/mol. The molecule has 2 N–H and O–H groups in total. The van der Waals surface area contributed by atoms with Crippen LogP contribution in [0.2, 0.25) is 0 Å². The monoisotopic (exact) mass is 320 g/mol. The van der Waals surface area contributed by atoms with E-state index in [0.717, 1.165) is 36.1 Å². The molecule has 0 radical (unpaired) electrons. The lowest BCUT2D eigenvalue weighted by molar-refractivity contribution is -0.137. The van der Waals surface area contributed by atoms with Gasteiger partial charge in [-0.1, -0.05) is 0 Å². The molecule has 0 aliphatic heterocycles. The molecule has 6 nitrogen and oxygen atoms in total. The second-order valence-electron chi connectivity index (χ2n) is 5.12. The molecule has 0 fully saturated rings. The molecule has 1 aliphatic carbocycles. The zero-order valence-corrected chi connectivity index (χ0v) is 12.9. The normalized spacial score (nSPS) is 13.9. The number of carbonyl (C=O) groups is 1. The molecule has 1 atom stereocenters. The summed E-state index contributed by atoms with van der Waals surface area (Å²) in [6.07, 6.45) is 6.22. The third-order valence-corrected chi connectivity index (χ3v) is 3.58. The Labute approximate surface area is 134 Å². The van der Waals surface area contributed by atoms with E-state index in [4.69, 9.17) is 5.11 Å². The summed E-state index contributed by atoms with van der Waals surface area (Å²) in [5, 5.41) is 12.0. The Morgan fingerprint density at radius 2 is 2.18 bits per heavy atom. The molecule has 0 saturated carbocycles. The van der Waals surface area contributed by atoms with Crippen LogP contribution < -0.4 is 5.32 Å². The van der Waals surface area contributed by atoms with Gasteiger partial charge in [0.1, 0.15) is 11.9 Å². The second-order valence-corrected chi connectivity index (χ2v) is 5.12. The topological polar surface area (TPSA) is 88.0 Å². The first-order valence-electron chi connectivity index (χ1n) is 6.94. The maximum absolute atomic E-state index is 11.0. The Morgan fingerprint density at radius 1 is 1.36 bits per heavy atom. The van der Waals surface area contributed by atoms with Gasteiger partial charge in [0, 0.05) is 29.2 Å². The van der Waals surface area contributed by atoms with Gasteiger partial charge >= 0.3 is 5.97 Å². The average Bonchev–Trinajstić information content (AvgIpc) is 2.96. The van der Waals surface area contributed by atoms with Crippen molar-refractivity contribution < 1.29 is 9.90 Å². The fourth-order valence-corrected chi connectivity index (χ4v) is 2.44. The van der Waals surface area contributed by atoms with Crippen LogP contribution in [0.5, 0.6) is 0 Å². The number of aryl methyl sites for hydroxylation is 1. The zero-order valence-electron chi connectivity index (χ0n) is 12.1. The lowest BCUT2D eigenvalue weighted by Crippen LogP contribution is -2.26. The van der Waals surface area contributed by atoms with Crippen molar-refractivity contribution in [2.45, 2.75) is 32.2 Å². The molecule has 7 heteroatoms. The molecular formula is C15H17ClN4O2. The molecule has 22 heavy (non-hydrogen) atoms. The van der Waals surface area contributed by atoms with Gasteiger partial charge in [-0.25, -0.2) is 9.97 Å². The van der Waals surface area contributed by atoms with Gasteiger partial charge < -0.3 is 10.4 Å². The summed E-state index contributed by atoms with van der Waals surface area (Å²) >= 11 is 0. The van der Waals surface area contributed by atoms with Gasteiger partial charge in [-0.2, -0.15) is 0 Å². The maximum Gasteiger partial charge on any atom is 0.325 e. The molecule has 1 aliphatic rings. The van der Waals surface area contributed by atoms with Crippen molar-refractivity contribution in [2.24, 2.45) is 0 Å². The van der Waals surface area contributed by atoms with Crippen LogP contribution in [0.25, 0.3) is 11.4 Å². The molecule has 0 aromatic carbocycles. The van der Waals surface area contributed by atoms with Gasteiger partial charge in [-0.15, -0.1) is 12.4 Å². The SMILES string of the molecule is C[C@@H](Nc1nc(-c2cccnc2)nc2c1CCC2)C(=O)O.Cl. The number of pyridine rings is 1. The van der Waals surface area contributed by atoms with E-state index in [-0.39, 0.29) is 12.4 Å². The second kappa shape index (κ2) is 6.70. The molecule has 0 spiro atoms. The number of fused-ring (bicyclic) bond motifs is 1. The number of halogens is 1. The summed E-state index contributed by atoms with van der Waals surface area (Å²) in [5.74, 6) is 0.318. The highest BCUT2D eigenvalue weighted by Crippen LogP contribution is 2.29. The first-order valence-corrected chi connectivity index (χ1v) is 6.94. The molecule has 0 saturated heterocycles. The molecule has 0 bridgehead atoms. The standard InChI is InChI=1S/C15H16N4O2.ClH/c1-9(15(20)21)17-14-11-5-2-6-12(11)18-13(19-14)10-4-3-7-16-8-10;/h3-4,7-9H,2,5-6H2,1H3,(H,20,21)(H,17,18,19);1H/t9-;/m1./s1. The van der Waals surface area contributed by atoms with Crippen molar-refractivity contribution in [1.29, 1.82) is 0 Å². The van der Waals surface area contributed by atoms with Crippen molar-refractivity contribution in [1.82, 2.24) is 15.0 Å². The maximum atomic E-state index is 11.0. The zero-order chi connectivity index (χ0) is 14.8. The molecule has 2 aromatic rings. The van der Waals surface area contributed by atoms with E-state index >= 15 is 0 Å². The Kier molecular flexibility index (Phi) is 4.92. The molecule has 0 amide bonds. The van der Waals surface area contributed by atoms with Gasteiger partial charge in [-0.3, -0.25) is 9.78 Å². The number of hydrogen-bond donors (Lipinski definition) is 2. The number of nitrogens with zero attached hydrogens (tertiary/aromatic N) is 3. The van der Waals surface area contributed by atoms with Gasteiger partial charge in [0.05, 0.1) is 0 Å². The minimum atomic E-state index is -0.900. The van der Waals surface area contributed by atoms with Crippen molar-refractivity contribution in [2.75, 3.05) is 5.32 Å². The van der Waals surface area contributed by atoms with Gasteiger partial charge in [0.25, 0.3) is 0 Å². The summed E-state index contributed by atoms with van der Waals surface area (Å²) in [6, 6.07) is 3.04. The Hall–Kier alpha value is -2.21. The van der Waals surface area contributed by atoms with E-state index in [1.165, 1.54) is 0 Å². The summed E-state index contributed by atoms with van der Waals surface area (Å²) in [4.78, 5) is 24.2. The molecular weight excluding hydrogens is 304 g/mol. The van der Waals surface area contributed by atoms with Gasteiger partial charge in [-0.05, 0) is 38.3 Å². The molecule has 2 heterocycles. The summed E-state index contributed by atoms with van der Waals surface area (Å²) in [7, 11) is 0. The fraction of sp³-hybridized carbons (Fsp3) is 0.333. The molecule has 0 unspecified atom stereocenters. The van der Waals surface area contributed by atoms with E-state index in [1.54, 1.807) is 19.3 Å². The van der Waals surface area contributed by atoms with E-state index < -0.39 is 12.0 Å². The highest BCUT2D eigenvalue weighted by atomic mass is 35.5. The lowest BCUT2D eigenvalue weighted by atomic mass is 10.2. The van der Waals surface area contributed by atoms with Crippen molar-refractivity contribution in [3.05, 3.63) is 35.8 Å². The number of anilines is 1. The molecule has 116 valence electrons. The number of carboxylic acid groups (broad SMARTS) is 1. The number of nitrogens with one attached hydrogen (secondary N) is 1. The van der Waals surface area contributed by atoms with Crippen LogP contribution in [0, 0.1) is 0 Å². The van der Waals surface area contributed by atoms with Crippen LogP contribution in [0.4, 0.5) is 5.82 Å². The highest BCUT2D eigenvalue weighted by molar-refractivity contribution is 5.85. The first-order chi connectivity index (χ1) is 10.1. The number of carboxylic acids is 1. The Morgan fingerprint density at radius 3 is 2.86 bits per heavy atom. The van der Waals surface area contributed by atoms with Crippen LogP contribution in [0.15, 0.2) is 24.5 Å². The quantitative estimate of drug-likeness (QED) is 0.899. The average molecular weight is 321 g/mol. The lowest BCUT2D eigenvalue weighted by Gasteiger charge is -2.14. The highest BCUT2D eigenvalue weighted by Gasteiger charge is 2.22. The van der Waals surface area contributed by atoms with Crippen molar-refractivity contribution in [3.8, 4) is 11.4 Å². The van der Waals surface area contributed by atoms with Crippen LogP contribution in [0.3, 0.4) is 0 Å². The smallest absolute Gasteiger partial charge is 0.325 e. The van der Waals surface area contributed by atoms with Crippen LogP contribution in [-0.2, 0) is 17.6 Å². The molecule has 2 aromatic heterocycles. The van der Waals surface area contributed by atoms with Crippen molar-refractivity contribution in [3.63, 3.8) is 0 Å². The number of hydrogen-bond acceptors (Lipinski definition) is 5. The van der Waals surface area contributed by atoms with Gasteiger partial charge in [0.15, 0.2) is 5.82 Å². The largest absolute Gasteiger partial charge is 0.480 e. The summed E-state index contributed by atoms with van der Waals surface area (Å²) < 4.78 is 0. The van der Waals surface area contributed by atoms with Crippen LogP contribution >= 0.6 is 12.4 Å². The Balaban J connectivity index is 0.00000176.